The average Bonchev–Trinajstić information content (AvgIpc) is 3.21. The van der Waals surface area contributed by atoms with Crippen molar-refractivity contribution in [3.63, 3.8) is 0 Å². The molecule has 1 aliphatic heterocycles. The van der Waals surface area contributed by atoms with Crippen LogP contribution in [0.1, 0.15) is 28.5 Å². The molecule has 4 rings (SSSR count). The van der Waals surface area contributed by atoms with Gasteiger partial charge in [-0.1, -0.05) is 25.1 Å². The van der Waals surface area contributed by atoms with Crippen LogP contribution in [0.15, 0.2) is 60.8 Å². The maximum atomic E-state index is 12.5. The Labute approximate surface area is 163 Å². The molecule has 0 aliphatic carbocycles. The van der Waals surface area contributed by atoms with Gasteiger partial charge in [-0.25, -0.2) is 0 Å². The molecule has 0 spiro atoms. The van der Waals surface area contributed by atoms with E-state index in [9.17, 15) is 4.79 Å². The Morgan fingerprint density at radius 3 is 2.57 bits per heavy atom. The minimum Gasteiger partial charge on any atom is -0.454 e. The lowest BCUT2D eigenvalue weighted by molar-refractivity contribution is 0.102. The Kier molecular flexibility index (Phi) is 5.10. The number of amides is 1. The third-order valence-corrected chi connectivity index (χ3v) is 4.55. The summed E-state index contributed by atoms with van der Waals surface area (Å²) in [5, 5.41) is 6.19. The number of hydrogen-bond acceptors (Lipinski definition) is 5. The van der Waals surface area contributed by atoms with Crippen LogP contribution in [0.3, 0.4) is 0 Å². The summed E-state index contributed by atoms with van der Waals surface area (Å²) in [6.07, 6.45) is 2.59. The maximum absolute atomic E-state index is 12.5. The third kappa shape index (κ3) is 4.06. The second kappa shape index (κ2) is 8.00. The molecule has 1 amide bonds. The van der Waals surface area contributed by atoms with Gasteiger partial charge in [-0.15, -0.1) is 0 Å². The molecule has 2 N–H and O–H groups in total. The van der Waals surface area contributed by atoms with Crippen LogP contribution in [0.4, 0.5) is 11.4 Å². The lowest BCUT2D eigenvalue weighted by Gasteiger charge is -2.09. The lowest BCUT2D eigenvalue weighted by Crippen LogP contribution is -2.14. The number of fused-ring (bicyclic) bond motifs is 1. The molecule has 6 nitrogen and oxygen atoms in total. The first-order chi connectivity index (χ1) is 13.7. The monoisotopic (exact) mass is 375 g/mol. The van der Waals surface area contributed by atoms with Gasteiger partial charge in [0.15, 0.2) is 11.5 Å². The van der Waals surface area contributed by atoms with Crippen molar-refractivity contribution in [3.8, 4) is 11.5 Å². The van der Waals surface area contributed by atoms with Crippen molar-refractivity contribution in [1.82, 2.24) is 4.98 Å². The average molecular weight is 375 g/mol. The highest BCUT2D eigenvalue weighted by molar-refractivity contribution is 6.03. The first kappa shape index (κ1) is 17.9. The number of nitrogens with one attached hydrogen (secondary N) is 2. The first-order valence-corrected chi connectivity index (χ1v) is 9.20. The zero-order chi connectivity index (χ0) is 19.3. The molecule has 1 aromatic heterocycles. The van der Waals surface area contributed by atoms with Gasteiger partial charge in [0.1, 0.15) is 5.69 Å². The standard InChI is InChI=1S/C22H21N3O3/c1-2-15-3-6-17(7-4-15)25-22(26)19-12-18(9-10-23-19)24-13-16-5-8-20-21(11-16)28-14-27-20/h3-12H,2,13-14H2,1H3,(H,23,24)(H,25,26). The number of carbonyl (C=O) groups excluding carboxylic acids is 1. The molecular weight excluding hydrogens is 354 g/mol. The van der Waals surface area contributed by atoms with E-state index >= 15 is 0 Å². The molecule has 28 heavy (non-hydrogen) atoms. The van der Waals surface area contributed by atoms with Crippen LogP contribution in [0, 0.1) is 0 Å². The van der Waals surface area contributed by atoms with Crippen LogP contribution < -0.4 is 20.1 Å². The van der Waals surface area contributed by atoms with Crippen molar-refractivity contribution < 1.29 is 14.3 Å². The number of aromatic nitrogens is 1. The first-order valence-electron chi connectivity index (χ1n) is 9.20. The van der Waals surface area contributed by atoms with Crippen molar-refractivity contribution in [3.05, 3.63) is 77.6 Å². The molecule has 0 saturated carbocycles. The Balaban J connectivity index is 1.40. The van der Waals surface area contributed by atoms with E-state index in [1.165, 1.54) is 5.56 Å². The number of hydrogen-bond donors (Lipinski definition) is 2. The lowest BCUT2D eigenvalue weighted by atomic mass is 10.1. The smallest absolute Gasteiger partial charge is 0.274 e. The summed E-state index contributed by atoms with van der Waals surface area (Å²) in [5.74, 6) is 1.28. The third-order valence-electron chi connectivity index (χ3n) is 4.55. The van der Waals surface area contributed by atoms with Gasteiger partial charge in [-0.2, -0.15) is 0 Å². The van der Waals surface area contributed by atoms with Gasteiger partial charge >= 0.3 is 0 Å². The van der Waals surface area contributed by atoms with E-state index in [0.717, 1.165) is 34.9 Å². The Morgan fingerprint density at radius 1 is 0.964 bits per heavy atom. The number of ether oxygens (including phenoxy) is 2. The highest BCUT2D eigenvalue weighted by Crippen LogP contribution is 2.32. The highest BCUT2D eigenvalue weighted by atomic mass is 16.7. The molecule has 0 atom stereocenters. The van der Waals surface area contributed by atoms with Crippen molar-refractivity contribution in [2.75, 3.05) is 17.4 Å². The molecule has 2 heterocycles. The number of carbonyl (C=O) groups is 1. The van der Waals surface area contributed by atoms with Gasteiger partial charge in [-0.3, -0.25) is 9.78 Å². The maximum Gasteiger partial charge on any atom is 0.274 e. The summed E-state index contributed by atoms with van der Waals surface area (Å²) in [7, 11) is 0. The van der Waals surface area contributed by atoms with Crippen molar-refractivity contribution in [2.24, 2.45) is 0 Å². The molecular formula is C22H21N3O3. The van der Waals surface area contributed by atoms with Crippen molar-refractivity contribution in [2.45, 2.75) is 19.9 Å². The summed E-state index contributed by atoms with van der Waals surface area (Å²) >= 11 is 0. The topological polar surface area (TPSA) is 72.5 Å². The van der Waals surface area contributed by atoms with Crippen LogP contribution in [0.5, 0.6) is 11.5 Å². The summed E-state index contributed by atoms with van der Waals surface area (Å²) < 4.78 is 10.7. The Hall–Kier alpha value is -3.54. The predicted molar refractivity (Wildman–Crippen MR) is 108 cm³/mol. The minimum atomic E-state index is -0.240. The highest BCUT2D eigenvalue weighted by Gasteiger charge is 2.13. The summed E-state index contributed by atoms with van der Waals surface area (Å²) in [6.45, 7) is 2.95. The van der Waals surface area contributed by atoms with Gasteiger partial charge in [-0.05, 0) is 53.9 Å². The van der Waals surface area contributed by atoms with E-state index in [-0.39, 0.29) is 12.7 Å². The van der Waals surface area contributed by atoms with Gasteiger partial charge in [0.25, 0.3) is 5.91 Å². The van der Waals surface area contributed by atoms with Gasteiger partial charge in [0, 0.05) is 24.1 Å². The summed E-state index contributed by atoms with van der Waals surface area (Å²) in [4.78, 5) is 16.7. The van der Waals surface area contributed by atoms with E-state index in [0.29, 0.717) is 12.2 Å². The van der Waals surface area contributed by atoms with Crippen LogP contribution in [-0.2, 0) is 13.0 Å². The fourth-order valence-corrected chi connectivity index (χ4v) is 2.94. The number of rotatable bonds is 6. The number of pyridine rings is 1. The van der Waals surface area contributed by atoms with Crippen LogP contribution in [0.25, 0.3) is 0 Å². The van der Waals surface area contributed by atoms with E-state index in [1.807, 2.05) is 48.5 Å². The van der Waals surface area contributed by atoms with E-state index in [4.69, 9.17) is 9.47 Å². The summed E-state index contributed by atoms with van der Waals surface area (Å²) in [6, 6.07) is 17.2. The second-order valence-corrected chi connectivity index (χ2v) is 6.48. The van der Waals surface area contributed by atoms with Crippen molar-refractivity contribution in [1.29, 1.82) is 0 Å². The van der Waals surface area contributed by atoms with E-state index < -0.39 is 0 Å². The minimum absolute atomic E-state index is 0.240. The number of aryl methyl sites for hydroxylation is 1. The normalized spacial score (nSPS) is 11.9. The van der Waals surface area contributed by atoms with Crippen LogP contribution in [-0.4, -0.2) is 17.7 Å². The molecule has 0 unspecified atom stereocenters. The molecule has 0 bridgehead atoms. The predicted octanol–water partition coefficient (Wildman–Crippen LogP) is 4.24. The van der Waals surface area contributed by atoms with Gasteiger partial charge in [0.05, 0.1) is 0 Å². The Morgan fingerprint density at radius 2 is 1.75 bits per heavy atom. The van der Waals surface area contributed by atoms with E-state index in [2.05, 4.69) is 22.5 Å². The van der Waals surface area contributed by atoms with Crippen molar-refractivity contribution >= 4 is 17.3 Å². The van der Waals surface area contributed by atoms with E-state index in [1.54, 1.807) is 12.3 Å². The SMILES string of the molecule is CCc1ccc(NC(=O)c2cc(NCc3ccc4c(c3)OCO4)ccn2)cc1. The second-order valence-electron chi connectivity index (χ2n) is 6.48. The molecule has 2 aromatic carbocycles. The van der Waals surface area contributed by atoms with Gasteiger partial charge < -0.3 is 20.1 Å². The molecule has 0 saturated heterocycles. The van der Waals surface area contributed by atoms with Crippen LogP contribution >= 0.6 is 0 Å². The molecule has 142 valence electrons. The van der Waals surface area contributed by atoms with Crippen LogP contribution in [0.2, 0.25) is 0 Å². The quantitative estimate of drug-likeness (QED) is 0.674. The molecule has 0 fully saturated rings. The number of nitrogens with zero attached hydrogens (tertiary/aromatic N) is 1. The molecule has 6 heteroatoms. The Bertz CT molecular complexity index is 987. The van der Waals surface area contributed by atoms with Gasteiger partial charge in [0.2, 0.25) is 6.79 Å². The largest absolute Gasteiger partial charge is 0.454 e. The zero-order valence-electron chi connectivity index (χ0n) is 15.6. The summed E-state index contributed by atoms with van der Waals surface area (Å²) in [5.41, 5.74) is 4.21. The molecule has 1 aliphatic rings. The fraction of sp³-hybridized carbons (Fsp3) is 0.182. The molecule has 0 radical (unpaired) electrons. The number of benzene rings is 2. The fourth-order valence-electron chi connectivity index (χ4n) is 2.94. The zero-order valence-corrected chi connectivity index (χ0v) is 15.6. The number of anilines is 2. The molecule has 3 aromatic rings.